The Morgan fingerprint density at radius 3 is 2.78 bits per heavy atom. The Bertz CT molecular complexity index is 435. The number of carbonyl (C=O) groups excluding carboxylic acids is 2. The minimum absolute atomic E-state index is 0.0955. The van der Waals surface area contributed by atoms with Crippen LogP contribution in [0.4, 0.5) is 10.1 Å². The monoisotopic (exact) mass is 252 g/mol. The van der Waals surface area contributed by atoms with Gasteiger partial charge in [0.25, 0.3) is 0 Å². The van der Waals surface area contributed by atoms with Gasteiger partial charge in [-0.25, -0.2) is 4.39 Å². The fraction of sp³-hybridized carbons (Fsp3) is 0.385. The van der Waals surface area contributed by atoms with Gasteiger partial charge in [-0.1, -0.05) is 19.4 Å². The number of anilines is 1. The van der Waals surface area contributed by atoms with E-state index in [-0.39, 0.29) is 17.8 Å². The molecule has 0 bridgehead atoms. The maximum absolute atomic E-state index is 13.8. The number of para-hydroxylation sites is 1. The molecule has 1 aromatic rings. The van der Waals surface area contributed by atoms with Crippen molar-refractivity contribution in [3.8, 4) is 0 Å². The van der Waals surface area contributed by atoms with Crippen molar-refractivity contribution in [2.24, 2.45) is 5.73 Å². The zero-order valence-electron chi connectivity index (χ0n) is 10.4. The van der Waals surface area contributed by atoms with Crippen LogP contribution in [0.15, 0.2) is 18.2 Å². The first-order valence-corrected chi connectivity index (χ1v) is 5.87. The number of primary amides is 1. The number of nitrogens with two attached hydrogens (primary N) is 1. The van der Waals surface area contributed by atoms with Gasteiger partial charge < -0.3 is 10.6 Å². The van der Waals surface area contributed by atoms with Gasteiger partial charge in [0.05, 0.1) is 12.2 Å². The molecule has 0 unspecified atom stereocenters. The van der Waals surface area contributed by atoms with Crippen molar-refractivity contribution in [2.75, 3.05) is 18.0 Å². The Kier molecular flexibility index (Phi) is 5.30. The molecule has 4 nitrogen and oxygen atoms in total. The molecule has 2 N–H and O–H groups in total. The lowest BCUT2D eigenvalue weighted by Gasteiger charge is -2.24. The number of rotatable bonds is 7. The fourth-order valence-corrected chi connectivity index (χ4v) is 1.77. The smallest absolute Gasteiger partial charge is 0.236 e. The van der Waals surface area contributed by atoms with Crippen molar-refractivity contribution in [1.82, 2.24) is 0 Å². The Labute approximate surface area is 106 Å². The van der Waals surface area contributed by atoms with Gasteiger partial charge in [0.2, 0.25) is 5.91 Å². The lowest BCUT2D eigenvalue weighted by atomic mass is 10.1. The van der Waals surface area contributed by atoms with E-state index in [1.165, 1.54) is 23.1 Å². The maximum Gasteiger partial charge on any atom is 0.236 e. The summed E-state index contributed by atoms with van der Waals surface area (Å²) in [5, 5.41) is 0. The zero-order valence-corrected chi connectivity index (χ0v) is 10.4. The minimum Gasteiger partial charge on any atom is -0.368 e. The normalized spacial score (nSPS) is 10.1. The van der Waals surface area contributed by atoms with Crippen LogP contribution in [0.5, 0.6) is 0 Å². The molecule has 0 atom stereocenters. The summed E-state index contributed by atoms with van der Waals surface area (Å²) in [6.45, 7) is 2.38. The van der Waals surface area contributed by atoms with Gasteiger partial charge in [0.1, 0.15) is 5.82 Å². The van der Waals surface area contributed by atoms with Gasteiger partial charge in [-0.2, -0.15) is 0 Å². The van der Waals surface area contributed by atoms with Crippen LogP contribution in [0.25, 0.3) is 0 Å². The molecule has 18 heavy (non-hydrogen) atoms. The molecule has 0 spiro atoms. The maximum atomic E-state index is 13.8. The van der Waals surface area contributed by atoms with Crippen molar-refractivity contribution in [1.29, 1.82) is 0 Å². The summed E-state index contributed by atoms with van der Waals surface area (Å²) in [6.07, 6.45) is 2.28. The van der Waals surface area contributed by atoms with Crippen LogP contribution in [0.3, 0.4) is 0 Å². The highest BCUT2D eigenvalue weighted by atomic mass is 19.1. The molecule has 1 amide bonds. The van der Waals surface area contributed by atoms with Gasteiger partial charge in [-0.15, -0.1) is 0 Å². The molecule has 0 saturated heterocycles. The van der Waals surface area contributed by atoms with Gasteiger partial charge >= 0.3 is 0 Å². The van der Waals surface area contributed by atoms with Crippen molar-refractivity contribution in [2.45, 2.75) is 19.8 Å². The molecule has 0 aliphatic rings. The number of aldehydes is 1. The van der Waals surface area contributed by atoms with E-state index in [2.05, 4.69) is 0 Å². The summed E-state index contributed by atoms with van der Waals surface area (Å²) in [7, 11) is 0. The standard InChI is InChI=1S/C13H17FN2O2/c1-2-3-7-16(8-12(15)18)13-10(9-17)5-4-6-11(13)14/h4-6,9H,2-3,7-8H2,1H3,(H2,15,18). The van der Waals surface area contributed by atoms with E-state index in [0.29, 0.717) is 12.8 Å². The van der Waals surface area contributed by atoms with Crippen molar-refractivity contribution in [3.05, 3.63) is 29.6 Å². The number of hydrogen-bond acceptors (Lipinski definition) is 3. The highest BCUT2D eigenvalue weighted by molar-refractivity contribution is 5.87. The summed E-state index contributed by atoms with van der Waals surface area (Å²) >= 11 is 0. The van der Waals surface area contributed by atoms with E-state index in [0.717, 1.165) is 12.8 Å². The highest BCUT2D eigenvalue weighted by Crippen LogP contribution is 2.23. The van der Waals surface area contributed by atoms with Crippen LogP contribution in [0, 0.1) is 5.82 Å². The molecule has 98 valence electrons. The number of hydrogen-bond donors (Lipinski definition) is 1. The van der Waals surface area contributed by atoms with E-state index in [4.69, 9.17) is 5.73 Å². The van der Waals surface area contributed by atoms with Crippen LogP contribution < -0.4 is 10.6 Å². The first kappa shape index (κ1) is 14.2. The van der Waals surface area contributed by atoms with Gasteiger partial charge in [0.15, 0.2) is 6.29 Å². The van der Waals surface area contributed by atoms with E-state index < -0.39 is 11.7 Å². The summed E-state index contributed by atoms with van der Waals surface area (Å²) in [6, 6.07) is 4.25. The lowest BCUT2D eigenvalue weighted by Crippen LogP contribution is -2.35. The summed E-state index contributed by atoms with van der Waals surface area (Å²) in [5.74, 6) is -1.07. The van der Waals surface area contributed by atoms with Crippen LogP contribution in [0.2, 0.25) is 0 Å². The van der Waals surface area contributed by atoms with E-state index in [1.807, 2.05) is 6.92 Å². The largest absolute Gasteiger partial charge is 0.368 e. The molecule has 0 aliphatic carbocycles. The number of nitrogens with zero attached hydrogens (tertiary/aromatic N) is 1. The second kappa shape index (κ2) is 6.74. The molecule has 0 heterocycles. The summed E-state index contributed by atoms with van der Waals surface area (Å²) in [5.41, 5.74) is 5.53. The number of halogens is 1. The van der Waals surface area contributed by atoms with Crippen LogP contribution in [0.1, 0.15) is 30.1 Å². The molecule has 1 rings (SSSR count). The molecular weight excluding hydrogens is 235 g/mol. The molecule has 0 fully saturated rings. The number of carbonyl (C=O) groups is 2. The van der Waals surface area contributed by atoms with E-state index >= 15 is 0 Å². The predicted molar refractivity (Wildman–Crippen MR) is 68.1 cm³/mol. The quantitative estimate of drug-likeness (QED) is 0.752. The number of benzene rings is 1. The predicted octanol–water partition coefficient (Wildman–Crippen LogP) is 1.73. The number of unbranched alkanes of at least 4 members (excludes halogenated alkanes) is 1. The molecule has 0 aliphatic heterocycles. The SMILES string of the molecule is CCCCN(CC(N)=O)c1c(F)cccc1C=O. The topological polar surface area (TPSA) is 63.4 Å². The third-order valence-electron chi connectivity index (χ3n) is 2.59. The lowest BCUT2D eigenvalue weighted by molar-refractivity contribution is -0.116. The second-order valence-corrected chi connectivity index (χ2v) is 4.04. The summed E-state index contributed by atoms with van der Waals surface area (Å²) < 4.78 is 13.8. The van der Waals surface area contributed by atoms with Crippen molar-refractivity contribution < 1.29 is 14.0 Å². The Balaban J connectivity index is 3.10. The average Bonchev–Trinajstić information content (AvgIpc) is 2.34. The van der Waals surface area contributed by atoms with Crippen molar-refractivity contribution in [3.63, 3.8) is 0 Å². The molecule has 0 saturated carbocycles. The van der Waals surface area contributed by atoms with Gasteiger partial charge in [0, 0.05) is 12.1 Å². The van der Waals surface area contributed by atoms with Crippen molar-refractivity contribution >= 4 is 17.9 Å². The molecule has 5 heteroatoms. The third kappa shape index (κ3) is 3.55. The average molecular weight is 252 g/mol. The fourth-order valence-electron chi connectivity index (χ4n) is 1.77. The highest BCUT2D eigenvalue weighted by Gasteiger charge is 2.17. The molecule has 0 radical (unpaired) electrons. The van der Waals surface area contributed by atoms with E-state index in [9.17, 15) is 14.0 Å². The molecule has 0 aromatic heterocycles. The van der Waals surface area contributed by atoms with Gasteiger partial charge in [-0.3, -0.25) is 9.59 Å². The Morgan fingerprint density at radius 2 is 2.22 bits per heavy atom. The van der Waals surface area contributed by atoms with Crippen LogP contribution in [-0.4, -0.2) is 25.3 Å². The van der Waals surface area contributed by atoms with E-state index in [1.54, 1.807) is 0 Å². The molecule has 1 aromatic carbocycles. The Hall–Kier alpha value is -1.91. The number of amides is 1. The Morgan fingerprint density at radius 1 is 1.50 bits per heavy atom. The third-order valence-corrected chi connectivity index (χ3v) is 2.59. The minimum atomic E-state index is -0.550. The first-order valence-electron chi connectivity index (χ1n) is 5.87. The summed E-state index contributed by atoms with van der Waals surface area (Å²) in [4.78, 5) is 23.5. The van der Waals surface area contributed by atoms with Crippen LogP contribution in [-0.2, 0) is 4.79 Å². The first-order chi connectivity index (χ1) is 8.60. The molecular formula is C13H17FN2O2. The van der Waals surface area contributed by atoms with Crippen LogP contribution >= 0.6 is 0 Å². The van der Waals surface area contributed by atoms with Gasteiger partial charge in [-0.05, 0) is 18.6 Å². The second-order valence-electron chi connectivity index (χ2n) is 4.04. The zero-order chi connectivity index (χ0) is 13.5.